The second kappa shape index (κ2) is 12.0. The first-order valence-corrected chi connectivity index (χ1v) is 13.8. The molecule has 0 aliphatic carbocycles. The Morgan fingerprint density at radius 3 is 2.90 bits per heavy atom. The Kier molecular flexibility index (Phi) is 8.26. The summed E-state index contributed by atoms with van der Waals surface area (Å²) in [6.07, 6.45) is 10.7. The molecule has 2 aromatic heterocycles. The van der Waals surface area contributed by atoms with Crippen LogP contribution < -0.4 is 14.2 Å². The summed E-state index contributed by atoms with van der Waals surface area (Å²) < 4.78 is 13.1. The molecule has 39 heavy (non-hydrogen) atoms. The van der Waals surface area contributed by atoms with Crippen molar-refractivity contribution >= 4 is 17.6 Å². The number of nitrogens with zero attached hydrogens (tertiary/aromatic N) is 4. The van der Waals surface area contributed by atoms with Gasteiger partial charge in [0.1, 0.15) is 24.7 Å². The summed E-state index contributed by atoms with van der Waals surface area (Å²) in [5.74, 6) is -0.324. The lowest BCUT2D eigenvalue weighted by atomic mass is 9.83. The van der Waals surface area contributed by atoms with E-state index >= 15 is 0 Å². The maximum atomic E-state index is 13.8. The highest BCUT2D eigenvalue weighted by Crippen LogP contribution is 2.41. The number of hydrogen-bond donors (Lipinski definition) is 1. The number of oxazole rings is 1. The maximum Gasteiger partial charge on any atom is 0.308 e. The molecule has 206 valence electrons. The molecule has 4 heterocycles. The van der Waals surface area contributed by atoms with E-state index in [0.717, 1.165) is 41.8 Å². The average molecular weight is 534 g/mol. The van der Waals surface area contributed by atoms with E-state index in [1.54, 1.807) is 6.20 Å². The fraction of sp³-hybridized carbons (Fsp3) is 0.467. The van der Waals surface area contributed by atoms with Crippen LogP contribution in [0, 0.1) is 5.92 Å². The van der Waals surface area contributed by atoms with E-state index in [0.29, 0.717) is 38.4 Å². The van der Waals surface area contributed by atoms with E-state index in [1.165, 1.54) is 6.26 Å². The normalized spacial score (nSPS) is 20.5. The number of carbonyl (C=O) groups is 2. The number of benzene rings is 1. The van der Waals surface area contributed by atoms with Gasteiger partial charge in [0.25, 0.3) is 0 Å². The lowest BCUT2D eigenvalue weighted by molar-refractivity contribution is -0.670. The van der Waals surface area contributed by atoms with Gasteiger partial charge in [-0.25, -0.2) is 9.55 Å². The van der Waals surface area contributed by atoms with Crippen molar-refractivity contribution in [2.75, 3.05) is 31.1 Å². The molecule has 3 atom stereocenters. The topological polar surface area (TPSA) is 100.0 Å². The summed E-state index contributed by atoms with van der Waals surface area (Å²) in [5.41, 5.74) is 2.95. The molecule has 1 unspecified atom stereocenters. The van der Waals surface area contributed by atoms with Crippen LogP contribution in [0.3, 0.4) is 0 Å². The molecule has 9 heteroatoms. The molecule has 1 fully saturated rings. The van der Waals surface area contributed by atoms with E-state index in [1.807, 2.05) is 53.2 Å². The van der Waals surface area contributed by atoms with Gasteiger partial charge >= 0.3 is 5.97 Å². The minimum absolute atomic E-state index is 0.0251. The van der Waals surface area contributed by atoms with Crippen LogP contribution in [0.25, 0.3) is 0 Å². The van der Waals surface area contributed by atoms with Gasteiger partial charge in [-0.3, -0.25) is 14.5 Å². The van der Waals surface area contributed by atoms with Crippen LogP contribution in [-0.4, -0.2) is 59.1 Å². The number of ether oxygens (including phenoxy) is 1. The van der Waals surface area contributed by atoms with Crippen LogP contribution in [-0.2, 0) is 29.5 Å². The Balaban J connectivity index is 1.43. The smallest absolute Gasteiger partial charge is 0.308 e. The minimum Gasteiger partial charge on any atom is -0.493 e. The minimum atomic E-state index is -0.845. The first kappa shape index (κ1) is 26.9. The van der Waals surface area contributed by atoms with Crippen LogP contribution in [0.1, 0.15) is 49.1 Å². The fourth-order valence-electron chi connectivity index (χ4n) is 5.98. The maximum absolute atomic E-state index is 13.8. The first-order chi connectivity index (χ1) is 18.9. The monoisotopic (exact) mass is 533 g/mol. The van der Waals surface area contributed by atoms with Crippen molar-refractivity contribution in [2.24, 2.45) is 13.0 Å². The second-order valence-corrected chi connectivity index (χ2v) is 10.5. The van der Waals surface area contributed by atoms with E-state index < -0.39 is 11.9 Å². The summed E-state index contributed by atoms with van der Waals surface area (Å²) in [4.78, 5) is 34.8. The van der Waals surface area contributed by atoms with Crippen molar-refractivity contribution in [2.45, 2.75) is 51.0 Å². The number of carbonyl (C=O) groups excluding carboxylic acids is 1. The van der Waals surface area contributed by atoms with Crippen LogP contribution in [0.15, 0.2) is 59.6 Å². The summed E-state index contributed by atoms with van der Waals surface area (Å²) in [5, 5.41) is 10.5. The molecular formula is C30H37N4O5+. The van der Waals surface area contributed by atoms with Gasteiger partial charge in [-0.05, 0) is 36.1 Å². The number of pyridine rings is 1. The summed E-state index contributed by atoms with van der Waals surface area (Å²) in [6.45, 7) is 4.01. The van der Waals surface area contributed by atoms with Gasteiger partial charge in [0.05, 0.1) is 25.3 Å². The van der Waals surface area contributed by atoms with Crippen molar-refractivity contribution in [1.29, 1.82) is 0 Å². The number of carboxylic acids is 1. The Bertz CT molecular complexity index is 1290. The number of rotatable bonds is 11. The number of carboxylic acid groups (broad SMARTS) is 1. The van der Waals surface area contributed by atoms with Crippen LogP contribution >= 0.6 is 0 Å². The molecule has 1 amide bonds. The van der Waals surface area contributed by atoms with Crippen molar-refractivity contribution in [1.82, 2.24) is 9.88 Å². The van der Waals surface area contributed by atoms with Gasteiger partial charge in [-0.15, -0.1) is 0 Å². The predicted molar refractivity (Wildman–Crippen MR) is 145 cm³/mol. The number of amides is 1. The van der Waals surface area contributed by atoms with E-state index in [9.17, 15) is 14.7 Å². The number of fused-ring (bicyclic) bond motifs is 1. The largest absolute Gasteiger partial charge is 0.493 e. The first-order valence-electron chi connectivity index (χ1n) is 13.8. The predicted octanol–water partition coefficient (Wildman–Crippen LogP) is 3.37. The SMILES string of the molecule is CCCCN(C(=O)CN1C[C@H](c2ccc3c(c2)CCO3)C(C(=O)O)[C@@H]1CCc1ncco1)c1ccc[n+](C)c1. The number of likely N-dealkylation sites (tertiary alicyclic amines) is 1. The number of hydrogen-bond acceptors (Lipinski definition) is 6. The molecule has 0 bridgehead atoms. The number of aryl methyl sites for hydroxylation is 2. The summed E-state index contributed by atoms with van der Waals surface area (Å²) >= 11 is 0. The molecule has 0 spiro atoms. The highest BCUT2D eigenvalue weighted by molar-refractivity contribution is 5.94. The average Bonchev–Trinajstić information content (AvgIpc) is 3.67. The molecule has 1 N–H and O–H groups in total. The Morgan fingerprint density at radius 1 is 1.28 bits per heavy atom. The third kappa shape index (κ3) is 5.98. The molecule has 1 aromatic carbocycles. The Morgan fingerprint density at radius 2 is 2.15 bits per heavy atom. The highest BCUT2D eigenvalue weighted by atomic mass is 16.5. The quantitative estimate of drug-likeness (QED) is 0.377. The van der Waals surface area contributed by atoms with E-state index in [2.05, 4.69) is 22.9 Å². The lowest BCUT2D eigenvalue weighted by Crippen LogP contribution is -2.45. The molecule has 1 saturated heterocycles. The van der Waals surface area contributed by atoms with Crippen molar-refractivity contribution in [3.63, 3.8) is 0 Å². The van der Waals surface area contributed by atoms with Crippen molar-refractivity contribution in [3.8, 4) is 5.75 Å². The summed E-state index contributed by atoms with van der Waals surface area (Å²) in [6, 6.07) is 9.58. The molecule has 2 aliphatic rings. The van der Waals surface area contributed by atoms with Gasteiger partial charge in [0.15, 0.2) is 18.3 Å². The molecule has 9 nitrogen and oxygen atoms in total. The third-order valence-electron chi connectivity index (χ3n) is 7.92. The van der Waals surface area contributed by atoms with Gasteiger partial charge < -0.3 is 19.2 Å². The van der Waals surface area contributed by atoms with Crippen molar-refractivity contribution < 1.29 is 28.4 Å². The van der Waals surface area contributed by atoms with Crippen LogP contribution in [0.5, 0.6) is 5.75 Å². The highest BCUT2D eigenvalue weighted by Gasteiger charge is 2.47. The fourth-order valence-corrected chi connectivity index (χ4v) is 5.98. The molecule has 0 radical (unpaired) electrons. The number of aromatic nitrogens is 2. The zero-order valence-electron chi connectivity index (χ0n) is 22.7. The molecule has 2 aliphatic heterocycles. The molecule has 0 saturated carbocycles. The zero-order valence-corrected chi connectivity index (χ0v) is 22.7. The van der Waals surface area contributed by atoms with Gasteiger partial charge in [-0.2, -0.15) is 0 Å². The number of aliphatic carboxylic acids is 1. The third-order valence-corrected chi connectivity index (χ3v) is 7.92. The summed E-state index contributed by atoms with van der Waals surface area (Å²) in [7, 11) is 1.94. The van der Waals surface area contributed by atoms with Crippen molar-refractivity contribution in [3.05, 3.63) is 72.2 Å². The lowest BCUT2D eigenvalue weighted by Gasteiger charge is -2.29. The Hall–Kier alpha value is -3.72. The standard InChI is InChI=1S/C30H36N4O5/c1-3-4-14-34(23-6-5-13-32(2)18-23)28(35)20-33-19-24(21-7-9-26-22(17-21)11-15-38-26)29(30(36)37)25(33)8-10-27-31-12-16-39-27/h5-7,9,12-13,16-18,24-25,29H,3-4,8,10-11,14-15,19-20H2,1-2H3/p+1/t24-,25+,29?/m1/s1. The number of anilines is 1. The molecule has 3 aromatic rings. The zero-order chi connectivity index (χ0) is 27.4. The van der Waals surface area contributed by atoms with Gasteiger partial charge in [-0.1, -0.05) is 25.5 Å². The second-order valence-electron chi connectivity index (χ2n) is 10.5. The Labute approximate surface area is 229 Å². The van der Waals surface area contributed by atoms with E-state index in [4.69, 9.17) is 9.15 Å². The van der Waals surface area contributed by atoms with E-state index in [-0.39, 0.29) is 24.4 Å². The van der Waals surface area contributed by atoms with Crippen LogP contribution in [0.4, 0.5) is 5.69 Å². The van der Waals surface area contributed by atoms with Crippen LogP contribution in [0.2, 0.25) is 0 Å². The number of unbranched alkanes of at least 4 members (excludes halogenated alkanes) is 1. The van der Waals surface area contributed by atoms with Gasteiger partial charge in [0.2, 0.25) is 5.91 Å². The molecule has 5 rings (SSSR count). The molecular weight excluding hydrogens is 496 g/mol. The van der Waals surface area contributed by atoms with Gasteiger partial charge in [0, 0.05) is 44.0 Å².